The van der Waals surface area contributed by atoms with E-state index in [0.717, 1.165) is 0 Å². The van der Waals surface area contributed by atoms with E-state index in [1.807, 2.05) is 0 Å². The number of carbonyl (C=O) groups excluding carboxylic acids is 1. The Labute approximate surface area is 120 Å². The maximum atomic E-state index is 12.8. The summed E-state index contributed by atoms with van der Waals surface area (Å²) in [5.41, 5.74) is 0.771. The number of nitriles is 1. The number of ether oxygens (including phenoxy) is 1. The lowest BCUT2D eigenvalue weighted by Gasteiger charge is -1.97. The number of halogens is 1. The van der Waals surface area contributed by atoms with Crippen molar-refractivity contribution in [2.75, 3.05) is 6.61 Å². The van der Waals surface area contributed by atoms with E-state index in [4.69, 9.17) is 14.5 Å². The Hall–Kier alpha value is -2.94. The summed E-state index contributed by atoms with van der Waals surface area (Å²) in [7, 11) is 0. The molecular formula is C15H11FN2O3. The van der Waals surface area contributed by atoms with Gasteiger partial charge in [0.15, 0.2) is 5.76 Å². The molecule has 1 aromatic heterocycles. The van der Waals surface area contributed by atoms with E-state index in [0.29, 0.717) is 17.0 Å². The number of esters is 1. The average molecular weight is 286 g/mol. The van der Waals surface area contributed by atoms with Crippen molar-refractivity contribution < 1.29 is 18.4 Å². The minimum absolute atomic E-state index is 0.171. The summed E-state index contributed by atoms with van der Waals surface area (Å²) in [5, 5.41) is 12.7. The van der Waals surface area contributed by atoms with E-state index >= 15 is 0 Å². The van der Waals surface area contributed by atoms with Crippen LogP contribution in [0.4, 0.5) is 4.39 Å². The molecule has 2 aromatic rings. The molecule has 0 fully saturated rings. The molecule has 0 amide bonds. The van der Waals surface area contributed by atoms with Crippen LogP contribution < -0.4 is 0 Å². The number of rotatable bonds is 4. The van der Waals surface area contributed by atoms with E-state index in [9.17, 15) is 9.18 Å². The fraction of sp³-hybridized carbons (Fsp3) is 0.133. The van der Waals surface area contributed by atoms with Gasteiger partial charge in [-0.1, -0.05) is 5.16 Å². The first-order chi connectivity index (χ1) is 10.1. The van der Waals surface area contributed by atoms with Crippen LogP contribution in [0.5, 0.6) is 0 Å². The molecule has 0 saturated heterocycles. The molecule has 0 atom stereocenters. The molecule has 2 rings (SSSR count). The maximum Gasteiger partial charge on any atom is 0.348 e. The third-order valence-electron chi connectivity index (χ3n) is 2.57. The normalized spacial score (nSPS) is 11.0. The predicted octanol–water partition coefficient (Wildman–Crippen LogP) is 2.95. The van der Waals surface area contributed by atoms with E-state index in [-0.39, 0.29) is 18.0 Å². The molecule has 0 aliphatic carbocycles. The maximum absolute atomic E-state index is 12.8. The molecule has 21 heavy (non-hydrogen) atoms. The van der Waals surface area contributed by atoms with Crippen molar-refractivity contribution in [3.8, 4) is 17.4 Å². The zero-order valence-electron chi connectivity index (χ0n) is 11.2. The summed E-state index contributed by atoms with van der Waals surface area (Å²) < 4.78 is 22.7. The minimum Gasteiger partial charge on any atom is -0.462 e. The molecule has 0 unspecified atom stereocenters. The zero-order valence-corrected chi connectivity index (χ0v) is 11.2. The SMILES string of the molecule is CCOC(=O)C(C#N)=Cc1cc(-c2ccc(F)cc2)on1. The van der Waals surface area contributed by atoms with Gasteiger partial charge in [-0.3, -0.25) is 0 Å². The fourth-order valence-electron chi connectivity index (χ4n) is 1.60. The standard InChI is InChI=1S/C15H11FN2O3/c1-2-20-15(19)11(9-17)7-13-8-14(21-18-13)10-3-5-12(16)6-4-10/h3-8H,2H2,1H3. The Kier molecular flexibility index (Phi) is 4.46. The number of nitrogens with zero attached hydrogens (tertiary/aromatic N) is 2. The minimum atomic E-state index is -0.716. The van der Waals surface area contributed by atoms with Crippen LogP contribution in [0, 0.1) is 17.1 Å². The number of hydrogen-bond acceptors (Lipinski definition) is 5. The first kappa shape index (κ1) is 14.5. The zero-order chi connectivity index (χ0) is 15.2. The van der Waals surface area contributed by atoms with Crippen LogP contribution in [0.1, 0.15) is 12.6 Å². The second-order valence-electron chi connectivity index (χ2n) is 4.01. The topological polar surface area (TPSA) is 76.1 Å². The van der Waals surface area contributed by atoms with Gasteiger partial charge in [0, 0.05) is 11.6 Å². The quantitative estimate of drug-likeness (QED) is 0.490. The van der Waals surface area contributed by atoms with Gasteiger partial charge in [0.2, 0.25) is 0 Å². The molecule has 0 spiro atoms. The monoisotopic (exact) mass is 286 g/mol. The summed E-state index contributed by atoms with van der Waals surface area (Å²) in [6.07, 6.45) is 1.27. The van der Waals surface area contributed by atoms with Gasteiger partial charge in [-0.05, 0) is 37.3 Å². The van der Waals surface area contributed by atoms with Crippen molar-refractivity contribution in [2.45, 2.75) is 6.92 Å². The Bertz CT molecular complexity index is 711. The lowest BCUT2D eigenvalue weighted by molar-refractivity contribution is -0.137. The van der Waals surface area contributed by atoms with Crippen LogP contribution in [0.25, 0.3) is 17.4 Å². The summed E-state index contributed by atoms with van der Waals surface area (Å²) in [6, 6.07) is 8.97. The van der Waals surface area contributed by atoms with E-state index in [2.05, 4.69) is 5.16 Å². The first-order valence-corrected chi connectivity index (χ1v) is 6.15. The van der Waals surface area contributed by atoms with Crippen molar-refractivity contribution in [3.63, 3.8) is 0 Å². The van der Waals surface area contributed by atoms with Gasteiger partial charge in [0.05, 0.1) is 6.61 Å². The molecule has 0 aliphatic rings. The lowest BCUT2D eigenvalue weighted by atomic mass is 10.1. The smallest absolute Gasteiger partial charge is 0.348 e. The second kappa shape index (κ2) is 6.48. The third-order valence-corrected chi connectivity index (χ3v) is 2.57. The van der Waals surface area contributed by atoms with E-state index in [1.165, 1.54) is 18.2 Å². The Morgan fingerprint density at radius 2 is 2.19 bits per heavy atom. The number of aromatic nitrogens is 1. The van der Waals surface area contributed by atoms with E-state index < -0.39 is 5.97 Å². The Balaban J connectivity index is 2.25. The second-order valence-corrected chi connectivity index (χ2v) is 4.01. The third kappa shape index (κ3) is 3.54. The molecule has 1 aromatic carbocycles. The molecule has 0 radical (unpaired) electrons. The highest BCUT2D eigenvalue weighted by molar-refractivity contribution is 5.97. The fourth-order valence-corrected chi connectivity index (χ4v) is 1.60. The molecule has 0 aliphatic heterocycles. The number of carbonyl (C=O) groups is 1. The average Bonchev–Trinajstić information content (AvgIpc) is 2.94. The van der Waals surface area contributed by atoms with Crippen molar-refractivity contribution >= 4 is 12.0 Å². The van der Waals surface area contributed by atoms with E-state index in [1.54, 1.807) is 31.2 Å². The van der Waals surface area contributed by atoms with Crippen LogP contribution in [0.15, 0.2) is 40.4 Å². The van der Waals surface area contributed by atoms with Crippen LogP contribution in [0.2, 0.25) is 0 Å². The summed E-state index contributed by atoms with van der Waals surface area (Å²) >= 11 is 0. The van der Waals surface area contributed by atoms with Crippen LogP contribution in [0.3, 0.4) is 0 Å². The van der Waals surface area contributed by atoms with Crippen LogP contribution in [-0.4, -0.2) is 17.7 Å². The van der Waals surface area contributed by atoms with Gasteiger partial charge in [0.1, 0.15) is 23.2 Å². The van der Waals surface area contributed by atoms with Gasteiger partial charge < -0.3 is 9.26 Å². The van der Waals surface area contributed by atoms with Gasteiger partial charge in [-0.2, -0.15) is 5.26 Å². The summed E-state index contributed by atoms with van der Waals surface area (Å²) in [6.45, 7) is 1.83. The Morgan fingerprint density at radius 3 is 2.81 bits per heavy atom. The largest absolute Gasteiger partial charge is 0.462 e. The van der Waals surface area contributed by atoms with Gasteiger partial charge in [0.25, 0.3) is 0 Å². The molecule has 6 heteroatoms. The van der Waals surface area contributed by atoms with Gasteiger partial charge in [-0.15, -0.1) is 0 Å². The number of hydrogen-bond donors (Lipinski definition) is 0. The molecular weight excluding hydrogens is 275 g/mol. The molecule has 0 N–H and O–H groups in total. The summed E-state index contributed by atoms with van der Waals surface area (Å²) in [4.78, 5) is 11.5. The van der Waals surface area contributed by atoms with Crippen molar-refractivity contribution in [1.82, 2.24) is 5.16 Å². The highest BCUT2D eigenvalue weighted by atomic mass is 19.1. The highest BCUT2D eigenvalue weighted by Gasteiger charge is 2.12. The molecule has 0 saturated carbocycles. The molecule has 5 nitrogen and oxygen atoms in total. The molecule has 0 bridgehead atoms. The van der Waals surface area contributed by atoms with Gasteiger partial charge >= 0.3 is 5.97 Å². The first-order valence-electron chi connectivity index (χ1n) is 6.15. The lowest BCUT2D eigenvalue weighted by Crippen LogP contribution is -2.05. The van der Waals surface area contributed by atoms with Crippen LogP contribution in [-0.2, 0) is 9.53 Å². The van der Waals surface area contributed by atoms with Crippen LogP contribution >= 0.6 is 0 Å². The molecule has 1 heterocycles. The summed E-state index contributed by atoms with van der Waals surface area (Å²) in [5.74, 6) is -0.666. The van der Waals surface area contributed by atoms with Crippen molar-refractivity contribution in [2.24, 2.45) is 0 Å². The Morgan fingerprint density at radius 1 is 1.48 bits per heavy atom. The highest BCUT2D eigenvalue weighted by Crippen LogP contribution is 2.21. The predicted molar refractivity (Wildman–Crippen MR) is 72.1 cm³/mol. The number of benzene rings is 1. The van der Waals surface area contributed by atoms with Gasteiger partial charge in [-0.25, -0.2) is 9.18 Å². The van der Waals surface area contributed by atoms with Crippen molar-refractivity contribution in [1.29, 1.82) is 5.26 Å². The molecule has 106 valence electrons. The van der Waals surface area contributed by atoms with Crippen molar-refractivity contribution in [3.05, 3.63) is 47.4 Å².